The number of sulfone groups is 1. The van der Waals surface area contributed by atoms with Crippen LogP contribution < -0.4 is 0 Å². The van der Waals surface area contributed by atoms with E-state index in [2.05, 4.69) is 10.3 Å². The number of hydrogen-bond acceptors (Lipinski definition) is 5. The Morgan fingerprint density at radius 3 is 2.58 bits per heavy atom. The third-order valence-corrected chi connectivity index (χ3v) is 8.03. The van der Waals surface area contributed by atoms with Gasteiger partial charge in [0.25, 0.3) is 0 Å². The lowest BCUT2D eigenvalue weighted by atomic mass is 10.1. The molecule has 1 saturated heterocycles. The molecule has 1 aliphatic heterocycles. The summed E-state index contributed by atoms with van der Waals surface area (Å²) in [6, 6.07) is 12.9. The Hall–Kier alpha value is -1.93. The molecule has 1 aliphatic rings. The summed E-state index contributed by atoms with van der Waals surface area (Å²) in [4.78, 5) is 17.6. The van der Waals surface area contributed by atoms with Crippen LogP contribution in [0.4, 0.5) is 0 Å². The van der Waals surface area contributed by atoms with Crippen LogP contribution in [0.25, 0.3) is 10.1 Å². The lowest BCUT2D eigenvalue weighted by Gasteiger charge is -2.22. The molecule has 31 heavy (non-hydrogen) atoms. The van der Waals surface area contributed by atoms with Gasteiger partial charge in [0.05, 0.1) is 11.3 Å². The molecule has 2 aromatic carbocycles. The normalized spacial score (nSPS) is 15.9. The molecule has 1 amide bonds. The maximum Gasteiger partial charge on any atom is 0.227 e. The monoisotopic (exact) mass is 476 g/mol. The van der Waals surface area contributed by atoms with Gasteiger partial charge in [-0.1, -0.05) is 23.7 Å². The van der Waals surface area contributed by atoms with Gasteiger partial charge in [-0.3, -0.25) is 9.69 Å². The fourth-order valence-corrected chi connectivity index (χ4v) is 5.69. The number of thiophene rings is 1. The van der Waals surface area contributed by atoms with E-state index < -0.39 is 9.84 Å². The predicted molar refractivity (Wildman–Crippen MR) is 127 cm³/mol. The molecule has 164 valence electrons. The van der Waals surface area contributed by atoms with Crippen LogP contribution in [0.2, 0.25) is 5.02 Å². The van der Waals surface area contributed by atoms with Crippen molar-refractivity contribution in [3.63, 3.8) is 0 Å². The summed E-state index contributed by atoms with van der Waals surface area (Å²) >= 11 is 7.79. The Labute approximate surface area is 192 Å². The number of nitrogens with zero attached hydrogens (tertiary/aromatic N) is 2. The molecule has 1 aromatic heterocycles. The Bertz CT molecular complexity index is 1190. The second-order valence-electron chi connectivity index (χ2n) is 8.00. The molecule has 5 nitrogen and oxygen atoms in total. The van der Waals surface area contributed by atoms with Gasteiger partial charge < -0.3 is 4.90 Å². The average molecular weight is 477 g/mol. The number of hydrogen-bond donors (Lipinski definition) is 0. The molecule has 8 heteroatoms. The molecular weight excluding hydrogens is 452 g/mol. The van der Waals surface area contributed by atoms with E-state index in [0.29, 0.717) is 22.9 Å². The van der Waals surface area contributed by atoms with Crippen molar-refractivity contribution < 1.29 is 13.2 Å². The van der Waals surface area contributed by atoms with Gasteiger partial charge in [-0.15, -0.1) is 11.3 Å². The topological polar surface area (TPSA) is 57.7 Å². The van der Waals surface area contributed by atoms with Crippen molar-refractivity contribution in [1.29, 1.82) is 0 Å². The van der Waals surface area contributed by atoms with Crippen LogP contribution in [0.1, 0.15) is 17.5 Å². The van der Waals surface area contributed by atoms with Gasteiger partial charge in [0.2, 0.25) is 5.91 Å². The minimum absolute atomic E-state index is 0.152. The number of rotatable bonds is 5. The highest BCUT2D eigenvalue weighted by Gasteiger charge is 2.20. The Kier molecular flexibility index (Phi) is 6.67. The summed E-state index contributed by atoms with van der Waals surface area (Å²) in [6.45, 7) is 3.92. The van der Waals surface area contributed by atoms with Crippen LogP contribution in [0.5, 0.6) is 0 Å². The van der Waals surface area contributed by atoms with Crippen LogP contribution >= 0.6 is 22.9 Å². The molecule has 0 saturated carbocycles. The molecule has 0 bridgehead atoms. The quantitative estimate of drug-likeness (QED) is 0.552. The number of carbonyl (C=O) groups excluding carboxylic acids is 1. The Morgan fingerprint density at radius 2 is 1.84 bits per heavy atom. The number of fused-ring (bicyclic) bond motifs is 1. The molecule has 0 unspecified atom stereocenters. The summed E-state index contributed by atoms with van der Waals surface area (Å²) < 4.78 is 24.4. The molecule has 0 aliphatic carbocycles. The molecule has 1 fully saturated rings. The van der Waals surface area contributed by atoms with E-state index in [1.165, 1.54) is 6.26 Å². The van der Waals surface area contributed by atoms with Gasteiger partial charge in [-0.2, -0.15) is 0 Å². The zero-order chi connectivity index (χ0) is 22.0. The fourth-order valence-electron chi connectivity index (χ4n) is 3.94. The molecule has 0 radical (unpaired) electrons. The van der Waals surface area contributed by atoms with Crippen LogP contribution in [-0.4, -0.2) is 56.6 Å². The standard InChI is InChI=1S/C23H25ClN2O3S2/c1-31(28,29)20-6-3-17(4-7-20)15-25-9-2-10-26(12-11-25)23(27)13-18-16-30-22-8-5-19(24)14-21(18)22/h3-8,14,16H,2,9-13,15H2,1H3. The lowest BCUT2D eigenvalue weighted by molar-refractivity contribution is -0.130. The number of amides is 1. The van der Waals surface area contributed by atoms with Gasteiger partial charge >= 0.3 is 0 Å². The van der Waals surface area contributed by atoms with E-state index in [1.54, 1.807) is 23.5 Å². The highest BCUT2D eigenvalue weighted by molar-refractivity contribution is 7.90. The fraction of sp³-hybridized carbons (Fsp3) is 0.348. The molecule has 4 rings (SSSR count). The molecular formula is C23H25ClN2O3S2. The van der Waals surface area contributed by atoms with E-state index >= 15 is 0 Å². The number of benzene rings is 2. The van der Waals surface area contributed by atoms with Gasteiger partial charge in [-0.25, -0.2) is 8.42 Å². The molecule has 0 N–H and O–H groups in total. The first-order valence-corrected chi connectivity index (χ1v) is 13.4. The second kappa shape index (κ2) is 9.28. The largest absolute Gasteiger partial charge is 0.341 e. The third kappa shape index (κ3) is 5.47. The van der Waals surface area contributed by atoms with Crippen LogP contribution in [0, 0.1) is 0 Å². The summed E-state index contributed by atoms with van der Waals surface area (Å²) in [6.07, 6.45) is 2.53. The summed E-state index contributed by atoms with van der Waals surface area (Å²) in [5.74, 6) is 0.152. The lowest BCUT2D eigenvalue weighted by Crippen LogP contribution is -2.36. The minimum Gasteiger partial charge on any atom is -0.341 e. The van der Waals surface area contributed by atoms with Gasteiger partial charge in [-0.05, 0) is 58.6 Å². The van der Waals surface area contributed by atoms with E-state index in [-0.39, 0.29) is 5.91 Å². The van der Waals surface area contributed by atoms with Crippen molar-refractivity contribution in [3.05, 3.63) is 64.0 Å². The predicted octanol–water partition coefficient (Wildman–Crippen LogP) is 4.24. The maximum atomic E-state index is 13.0. The van der Waals surface area contributed by atoms with Crippen molar-refractivity contribution in [2.45, 2.75) is 24.3 Å². The smallest absolute Gasteiger partial charge is 0.227 e. The van der Waals surface area contributed by atoms with Crippen LogP contribution in [0.3, 0.4) is 0 Å². The number of carbonyl (C=O) groups is 1. The summed E-state index contributed by atoms with van der Waals surface area (Å²) in [7, 11) is -3.18. The van der Waals surface area contributed by atoms with Crippen LogP contribution in [0.15, 0.2) is 52.7 Å². The summed E-state index contributed by atoms with van der Waals surface area (Å²) in [5.41, 5.74) is 2.12. The van der Waals surface area contributed by atoms with E-state index in [0.717, 1.165) is 53.8 Å². The van der Waals surface area contributed by atoms with E-state index in [9.17, 15) is 13.2 Å². The first-order valence-electron chi connectivity index (χ1n) is 10.2. The highest BCUT2D eigenvalue weighted by atomic mass is 35.5. The molecule has 0 atom stereocenters. The van der Waals surface area contributed by atoms with Gasteiger partial charge in [0.1, 0.15) is 0 Å². The SMILES string of the molecule is CS(=O)(=O)c1ccc(CN2CCCN(C(=O)Cc3csc4ccc(Cl)cc34)CC2)cc1. The van der Waals surface area contributed by atoms with Gasteiger partial charge in [0.15, 0.2) is 9.84 Å². The zero-order valence-corrected chi connectivity index (χ0v) is 19.8. The number of halogens is 1. The Morgan fingerprint density at radius 1 is 1.06 bits per heavy atom. The van der Waals surface area contributed by atoms with Crippen molar-refractivity contribution >= 4 is 48.8 Å². The first-order chi connectivity index (χ1) is 14.8. The second-order valence-corrected chi connectivity index (χ2v) is 11.4. The summed E-state index contributed by atoms with van der Waals surface area (Å²) in [5, 5.41) is 3.82. The van der Waals surface area contributed by atoms with Crippen molar-refractivity contribution in [2.24, 2.45) is 0 Å². The average Bonchev–Trinajstić information content (AvgIpc) is 2.96. The molecule has 2 heterocycles. The third-order valence-electron chi connectivity index (χ3n) is 5.66. The first kappa shape index (κ1) is 22.3. The van der Waals surface area contributed by atoms with Crippen molar-refractivity contribution in [3.8, 4) is 0 Å². The van der Waals surface area contributed by atoms with Crippen molar-refractivity contribution in [1.82, 2.24) is 9.80 Å². The van der Waals surface area contributed by atoms with Crippen molar-refractivity contribution in [2.75, 3.05) is 32.4 Å². The molecule has 3 aromatic rings. The van der Waals surface area contributed by atoms with E-state index in [4.69, 9.17) is 11.6 Å². The minimum atomic E-state index is -3.18. The maximum absolute atomic E-state index is 13.0. The van der Waals surface area contributed by atoms with E-state index in [1.807, 2.05) is 35.2 Å². The highest BCUT2D eigenvalue weighted by Crippen LogP contribution is 2.29. The van der Waals surface area contributed by atoms with Gasteiger partial charge in [0, 0.05) is 48.7 Å². The zero-order valence-electron chi connectivity index (χ0n) is 17.4. The van der Waals surface area contributed by atoms with Crippen LogP contribution in [-0.2, 0) is 27.6 Å². The molecule has 0 spiro atoms. The Balaban J connectivity index is 1.36.